The molecule has 0 saturated carbocycles. The summed E-state index contributed by atoms with van der Waals surface area (Å²) >= 11 is 0. The van der Waals surface area contributed by atoms with Crippen LogP contribution >= 0.6 is 0 Å². The third-order valence-electron chi connectivity index (χ3n) is 1.93. The SMILES string of the molecule is Cc1c(-c2cnco2)cnn1C. The standard InChI is InChI=1S/C8H9N3O/c1-6-7(3-10-11(6)2)8-4-9-5-12-8/h3-5H,1-2H3. The van der Waals surface area contributed by atoms with Crippen LogP contribution in [-0.4, -0.2) is 14.8 Å². The Morgan fingerprint density at radius 2 is 2.25 bits per heavy atom. The summed E-state index contributed by atoms with van der Waals surface area (Å²) in [4.78, 5) is 3.85. The van der Waals surface area contributed by atoms with Crippen LogP contribution in [0.1, 0.15) is 5.69 Å². The lowest BCUT2D eigenvalue weighted by molar-refractivity contribution is 0.571. The Bertz CT molecular complexity index is 375. The summed E-state index contributed by atoms with van der Waals surface area (Å²) in [7, 11) is 1.90. The van der Waals surface area contributed by atoms with Gasteiger partial charge in [0.15, 0.2) is 12.2 Å². The third-order valence-corrected chi connectivity index (χ3v) is 1.93. The highest BCUT2D eigenvalue weighted by atomic mass is 16.3. The summed E-state index contributed by atoms with van der Waals surface area (Å²) < 4.78 is 6.95. The van der Waals surface area contributed by atoms with E-state index < -0.39 is 0 Å². The Labute approximate surface area is 69.8 Å². The molecule has 0 fully saturated rings. The molecule has 0 aliphatic heterocycles. The fraction of sp³-hybridized carbons (Fsp3) is 0.250. The molecule has 0 radical (unpaired) electrons. The van der Waals surface area contributed by atoms with Gasteiger partial charge in [-0.1, -0.05) is 0 Å². The van der Waals surface area contributed by atoms with Gasteiger partial charge < -0.3 is 4.42 Å². The molecule has 2 rings (SSSR count). The lowest BCUT2D eigenvalue weighted by atomic mass is 10.2. The van der Waals surface area contributed by atoms with Crippen molar-refractivity contribution in [2.45, 2.75) is 6.92 Å². The minimum Gasteiger partial charge on any atom is -0.443 e. The zero-order valence-electron chi connectivity index (χ0n) is 6.98. The van der Waals surface area contributed by atoms with E-state index in [2.05, 4.69) is 10.1 Å². The van der Waals surface area contributed by atoms with E-state index in [0.717, 1.165) is 17.0 Å². The van der Waals surface area contributed by atoms with Crippen molar-refractivity contribution in [3.8, 4) is 11.3 Å². The van der Waals surface area contributed by atoms with Gasteiger partial charge in [0, 0.05) is 12.7 Å². The average molecular weight is 163 g/mol. The first kappa shape index (κ1) is 7.09. The second kappa shape index (κ2) is 2.48. The third kappa shape index (κ3) is 0.922. The van der Waals surface area contributed by atoms with E-state index in [1.165, 1.54) is 6.39 Å². The molecule has 0 amide bonds. The van der Waals surface area contributed by atoms with Crippen molar-refractivity contribution in [1.82, 2.24) is 14.8 Å². The summed E-state index contributed by atoms with van der Waals surface area (Å²) in [5.41, 5.74) is 2.07. The van der Waals surface area contributed by atoms with E-state index in [1.54, 1.807) is 17.1 Å². The fourth-order valence-corrected chi connectivity index (χ4v) is 1.09. The van der Waals surface area contributed by atoms with Crippen molar-refractivity contribution in [2.75, 3.05) is 0 Å². The van der Waals surface area contributed by atoms with Crippen LogP contribution in [0.25, 0.3) is 11.3 Å². The Kier molecular flexibility index (Phi) is 1.46. The van der Waals surface area contributed by atoms with E-state index in [9.17, 15) is 0 Å². The van der Waals surface area contributed by atoms with Crippen LogP contribution in [0.2, 0.25) is 0 Å². The molecule has 0 atom stereocenters. The van der Waals surface area contributed by atoms with Crippen molar-refractivity contribution in [2.24, 2.45) is 7.05 Å². The molecule has 2 heterocycles. The van der Waals surface area contributed by atoms with Crippen molar-refractivity contribution in [1.29, 1.82) is 0 Å². The van der Waals surface area contributed by atoms with Gasteiger partial charge >= 0.3 is 0 Å². The highest BCUT2D eigenvalue weighted by molar-refractivity contribution is 5.57. The molecular weight excluding hydrogens is 154 g/mol. The van der Waals surface area contributed by atoms with Gasteiger partial charge in [-0.25, -0.2) is 4.98 Å². The van der Waals surface area contributed by atoms with E-state index in [0.29, 0.717) is 0 Å². The molecule has 12 heavy (non-hydrogen) atoms. The lowest BCUT2D eigenvalue weighted by Crippen LogP contribution is -1.92. The molecule has 62 valence electrons. The normalized spacial score (nSPS) is 10.5. The van der Waals surface area contributed by atoms with Gasteiger partial charge in [-0.2, -0.15) is 5.10 Å². The quantitative estimate of drug-likeness (QED) is 0.638. The maximum absolute atomic E-state index is 5.15. The molecule has 0 bridgehead atoms. The maximum Gasteiger partial charge on any atom is 0.181 e. The summed E-state index contributed by atoms with van der Waals surface area (Å²) in [6.07, 6.45) is 4.88. The average Bonchev–Trinajstić information content (AvgIpc) is 2.64. The molecule has 0 spiro atoms. The zero-order chi connectivity index (χ0) is 8.55. The Morgan fingerprint density at radius 1 is 1.42 bits per heavy atom. The molecule has 0 unspecified atom stereocenters. The van der Waals surface area contributed by atoms with Gasteiger partial charge in [0.25, 0.3) is 0 Å². The Hall–Kier alpha value is -1.58. The molecule has 0 aromatic carbocycles. The first-order chi connectivity index (χ1) is 5.79. The molecular formula is C8H9N3O. The topological polar surface area (TPSA) is 43.9 Å². The van der Waals surface area contributed by atoms with Crippen molar-refractivity contribution < 1.29 is 4.42 Å². The molecule has 4 heteroatoms. The van der Waals surface area contributed by atoms with Crippen LogP contribution in [0.15, 0.2) is 23.2 Å². The maximum atomic E-state index is 5.15. The van der Waals surface area contributed by atoms with Crippen molar-refractivity contribution >= 4 is 0 Å². The Balaban J connectivity index is 2.55. The lowest BCUT2D eigenvalue weighted by Gasteiger charge is -1.94. The van der Waals surface area contributed by atoms with Gasteiger partial charge in [-0.15, -0.1) is 0 Å². The van der Waals surface area contributed by atoms with Gasteiger partial charge in [0.05, 0.1) is 18.0 Å². The zero-order valence-corrected chi connectivity index (χ0v) is 6.98. The molecule has 0 saturated heterocycles. The van der Waals surface area contributed by atoms with Crippen molar-refractivity contribution in [3.05, 3.63) is 24.5 Å². The minimum atomic E-state index is 0.764. The van der Waals surface area contributed by atoms with Crippen LogP contribution in [-0.2, 0) is 7.05 Å². The molecule has 0 aliphatic carbocycles. The Morgan fingerprint density at radius 3 is 2.75 bits per heavy atom. The first-order valence-corrected chi connectivity index (χ1v) is 3.66. The van der Waals surface area contributed by atoms with Crippen molar-refractivity contribution in [3.63, 3.8) is 0 Å². The van der Waals surface area contributed by atoms with Crippen LogP contribution in [0.3, 0.4) is 0 Å². The van der Waals surface area contributed by atoms with Gasteiger partial charge in [-0.05, 0) is 6.92 Å². The monoisotopic (exact) mass is 163 g/mol. The summed E-state index contributed by atoms with van der Waals surface area (Å²) in [6, 6.07) is 0. The highest BCUT2D eigenvalue weighted by Crippen LogP contribution is 2.21. The van der Waals surface area contributed by atoms with Crippen LogP contribution in [0.4, 0.5) is 0 Å². The fourth-order valence-electron chi connectivity index (χ4n) is 1.09. The van der Waals surface area contributed by atoms with Gasteiger partial charge in [0.2, 0.25) is 0 Å². The minimum absolute atomic E-state index is 0.764. The molecule has 4 nitrogen and oxygen atoms in total. The van der Waals surface area contributed by atoms with Crippen LogP contribution in [0, 0.1) is 6.92 Å². The second-order valence-electron chi connectivity index (χ2n) is 2.63. The van der Waals surface area contributed by atoms with Gasteiger partial charge in [0.1, 0.15) is 0 Å². The number of nitrogens with zero attached hydrogens (tertiary/aromatic N) is 3. The first-order valence-electron chi connectivity index (χ1n) is 3.66. The second-order valence-corrected chi connectivity index (χ2v) is 2.63. The van der Waals surface area contributed by atoms with Crippen LogP contribution < -0.4 is 0 Å². The summed E-state index contributed by atoms with van der Waals surface area (Å²) in [6.45, 7) is 1.99. The highest BCUT2D eigenvalue weighted by Gasteiger charge is 2.08. The molecule has 0 N–H and O–H groups in total. The van der Waals surface area contributed by atoms with Crippen LogP contribution in [0.5, 0.6) is 0 Å². The van der Waals surface area contributed by atoms with E-state index in [-0.39, 0.29) is 0 Å². The summed E-state index contributed by atoms with van der Waals surface area (Å²) in [5, 5.41) is 4.10. The number of hydrogen-bond donors (Lipinski definition) is 0. The largest absolute Gasteiger partial charge is 0.443 e. The predicted molar refractivity (Wildman–Crippen MR) is 43.4 cm³/mol. The molecule has 2 aromatic heterocycles. The molecule has 0 aliphatic rings. The van der Waals surface area contributed by atoms with E-state index in [1.807, 2.05) is 14.0 Å². The van der Waals surface area contributed by atoms with E-state index in [4.69, 9.17) is 4.42 Å². The number of oxazole rings is 1. The smallest absolute Gasteiger partial charge is 0.181 e. The van der Waals surface area contributed by atoms with Gasteiger partial charge in [-0.3, -0.25) is 4.68 Å². The predicted octanol–water partition coefficient (Wildman–Crippen LogP) is 1.38. The number of rotatable bonds is 1. The van der Waals surface area contributed by atoms with E-state index >= 15 is 0 Å². The number of hydrogen-bond acceptors (Lipinski definition) is 3. The molecule has 2 aromatic rings. The number of aryl methyl sites for hydroxylation is 1. The summed E-state index contributed by atoms with van der Waals surface area (Å²) in [5.74, 6) is 0.764. The number of aromatic nitrogens is 3.